The first-order chi connectivity index (χ1) is 12.2. The van der Waals surface area contributed by atoms with E-state index in [1.54, 1.807) is 22.7 Å². The Morgan fingerprint density at radius 2 is 2.08 bits per heavy atom. The summed E-state index contributed by atoms with van der Waals surface area (Å²) >= 11 is 3.36. The lowest BCUT2D eigenvalue weighted by molar-refractivity contribution is -0.131. The van der Waals surface area contributed by atoms with Gasteiger partial charge in [0.05, 0.1) is 23.2 Å². The van der Waals surface area contributed by atoms with Crippen LogP contribution in [0.2, 0.25) is 0 Å². The van der Waals surface area contributed by atoms with Crippen LogP contribution in [0.3, 0.4) is 0 Å². The predicted octanol–water partition coefficient (Wildman–Crippen LogP) is 5.09. The number of rotatable bonds is 4. The second-order valence-electron chi connectivity index (χ2n) is 6.43. The summed E-state index contributed by atoms with van der Waals surface area (Å²) in [6.45, 7) is 2.89. The smallest absolute Gasteiger partial charge is 0.227 e. The van der Waals surface area contributed by atoms with Crippen molar-refractivity contribution in [2.75, 3.05) is 6.54 Å². The van der Waals surface area contributed by atoms with Crippen molar-refractivity contribution in [3.63, 3.8) is 0 Å². The Morgan fingerprint density at radius 1 is 1.24 bits per heavy atom. The lowest BCUT2D eigenvalue weighted by Gasteiger charge is -2.24. The zero-order valence-electron chi connectivity index (χ0n) is 14.1. The second kappa shape index (κ2) is 7.10. The Bertz CT molecular complexity index is 852. The number of benzene rings is 1. The molecular weight excluding hydrogens is 348 g/mol. The first-order valence-corrected chi connectivity index (χ1v) is 10.4. The molecule has 0 saturated carbocycles. The zero-order chi connectivity index (χ0) is 17.2. The first kappa shape index (κ1) is 16.5. The van der Waals surface area contributed by atoms with E-state index in [9.17, 15) is 4.79 Å². The maximum Gasteiger partial charge on any atom is 0.227 e. The topological polar surface area (TPSA) is 33.2 Å². The number of nitrogens with zero attached hydrogens (tertiary/aromatic N) is 2. The number of hydrogen-bond donors (Lipinski definition) is 0. The molecule has 1 amide bonds. The van der Waals surface area contributed by atoms with E-state index in [1.165, 1.54) is 5.56 Å². The van der Waals surface area contributed by atoms with Gasteiger partial charge in [0.25, 0.3) is 0 Å². The summed E-state index contributed by atoms with van der Waals surface area (Å²) in [5, 5.41) is 7.41. The molecule has 2 aromatic heterocycles. The summed E-state index contributed by atoms with van der Waals surface area (Å²) in [5.41, 5.74) is 4.47. The van der Waals surface area contributed by atoms with Crippen molar-refractivity contribution in [3.05, 3.63) is 62.6 Å². The van der Waals surface area contributed by atoms with Crippen LogP contribution in [0.15, 0.2) is 46.5 Å². The molecule has 3 aromatic rings. The summed E-state index contributed by atoms with van der Waals surface area (Å²) in [5.74, 6) is 0.228. The molecule has 0 N–H and O–H groups in total. The van der Waals surface area contributed by atoms with Crippen LogP contribution in [-0.2, 0) is 11.2 Å². The van der Waals surface area contributed by atoms with Crippen molar-refractivity contribution in [1.29, 1.82) is 0 Å². The molecule has 0 aliphatic carbocycles. The van der Waals surface area contributed by atoms with Crippen molar-refractivity contribution in [3.8, 4) is 11.3 Å². The second-order valence-corrected chi connectivity index (χ2v) is 8.27. The SMILES string of the molecule is Cc1nc(-c2ccc(CC(=O)N3CCCC3c3ccsc3)cc2)cs1. The Kier molecular flexibility index (Phi) is 4.68. The quantitative estimate of drug-likeness (QED) is 0.643. The molecule has 3 heterocycles. The van der Waals surface area contributed by atoms with E-state index in [-0.39, 0.29) is 11.9 Å². The van der Waals surface area contributed by atoms with Gasteiger partial charge in [-0.15, -0.1) is 11.3 Å². The van der Waals surface area contributed by atoms with Gasteiger partial charge < -0.3 is 4.90 Å². The predicted molar refractivity (Wildman–Crippen MR) is 104 cm³/mol. The summed E-state index contributed by atoms with van der Waals surface area (Å²) in [7, 11) is 0. The van der Waals surface area contributed by atoms with Gasteiger partial charge in [-0.2, -0.15) is 11.3 Å². The molecule has 5 heteroatoms. The molecule has 1 fully saturated rings. The van der Waals surface area contributed by atoms with E-state index in [0.717, 1.165) is 41.2 Å². The molecular formula is C20H20N2OS2. The molecule has 1 aromatic carbocycles. The fraction of sp³-hybridized carbons (Fsp3) is 0.300. The minimum Gasteiger partial charge on any atom is -0.335 e. The molecule has 1 aliphatic rings. The molecule has 1 aliphatic heterocycles. The van der Waals surface area contributed by atoms with Gasteiger partial charge in [-0.25, -0.2) is 4.98 Å². The number of likely N-dealkylation sites (tertiary alicyclic amines) is 1. The molecule has 0 radical (unpaired) electrons. The normalized spacial score (nSPS) is 17.2. The number of thiazole rings is 1. The first-order valence-electron chi connectivity index (χ1n) is 8.54. The van der Waals surface area contributed by atoms with E-state index in [4.69, 9.17) is 0 Å². The third-order valence-electron chi connectivity index (χ3n) is 4.73. The standard InChI is InChI=1S/C20H20N2OS2/c1-14-21-18(13-25-14)16-6-4-15(5-7-16)11-20(23)22-9-2-3-19(22)17-8-10-24-12-17/h4-8,10,12-13,19H,2-3,9,11H2,1H3. The monoisotopic (exact) mass is 368 g/mol. The van der Waals surface area contributed by atoms with Crippen LogP contribution in [-0.4, -0.2) is 22.3 Å². The van der Waals surface area contributed by atoms with Gasteiger partial charge in [0.15, 0.2) is 0 Å². The summed E-state index contributed by atoms with van der Waals surface area (Å²) in [6, 6.07) is 10.6. The molecule has 3 nitrogen and oxygen atoms in total. The van der Waals surface area contributed by atoms with E-state index in [0.29, 0.717) is 6.42 Å². The average molecular weight is 369 g/mol. The van der Waals surface area contributed by atoms with Gasteiger partial charge in [-0.1, -0.05) is 24.3 Å². The third-order valence-corrected chi connectivity index (χ3v) is 6.20. The molecule has 1 unspecified atom stereocenters. The molecule has 4 rings (SSSR count). The van der Waals surface area contributed by atoms with Gasteiger partial charge >= 0.3 is 0 Å². The maximum absolute atomic E-state index is 12.8. The van der Waals surface area contributed by atoms with Crippen molar-refractivity contribution in [2.45, 2.75) is 32.2 Å². The minimum absolute atomic E-state index is 0.228. The summed E-state index contributed by atoms with van der Waals surface area (Å²) in [6.07, 6.45) is 2.63. The molecule has 1 saturated heterocycles. The van der Waals surface area contributed by atoms with Gasteiger partial charge in [0.2, 0.25) is 5.91 Å². The number of carbonyl (C=O) groups excluding carboxylic acids is 1. The fourth-order valence-electron chi connectivity index (χ4n) is 3.44. The third kappa shape index (κ3) is 3.53. The van der Waals surface area contributed by atoms with Crippen LogP contribution in [0.1, 0.15) is 35.0 Å². The Labute approximate surface area is 156 Å². The molecule has 25 heavy (non-hydrogen) atoms. The van der Waals surface area contributed by atoms with Crippen molar-refractivity contribution in [2.24, 2.45) is 0 Å². The van der Waals surface area contributed by atoms with Gasteiger partial charge in [-0.3, -0.25) is 4.79 Å². The minimum atomic E-state index is 0.228. The Morgan fingerprint density at radius 3 is 2.76 bits per heavy atom. The number of aromatic nitrogens is 1. The Hall–Kier alpha value is -1.98. The van der Waals surface area contributed by atoms with Crippen LogP contribution < -0.4 is 0 Å². The summed E-state index contributed by atoms with van der Waals surface area (Å²) in [4.78, 5) is 19.4. The van der Waals surface area contributed by atoms with E-state index in [2.05, 4.69) is 56.4 Å². The van der Waals surface area contributed by atoms with Gasteiger partial charge in [-0.05, 0) is 47.7 Å². The maximum atomic E-state index is 12.8. The number of amides is 1. The van der Waals surface area contributed by atoms with Gasteiger partial charge in [0, 0.05) is 17.5 Å². The molecule has 128 valence electrons. The number of thiophene rings is 1. The summed E-state index contributed by atoms with van der Waals surface area (Å²) < 4.78 is 0. The van der Waals surface area contributed by atoms with Crippen LogP contribution >= 0.6 is 22.7 Å². The van der Waals surface area contributed by atoms with Crippen molar-refractivity contribution >= 4 is 28.6 Å². The van der Waals surface area contributed by atoms with E-state index >= 15 is 0 Å². The van der Waals surface area contributed by atoms with E-state index < -0.39 is 0 Å². The van der Waals surface area contributed by atoms with Crippen LogP contribution in [0.5, 0.6) is 0 Å². The van der Waals surface area contributed by atoms with Crippen LogP contribution in [0, 0.1) is 6.92 Å². The largest absolute Gasteiger partial charge is 0.335 e. The highest BCUT2D eigenvalue weighted by Gasteiger charge is 2.29. The lowest BCUT2D eigenvalue weighted by atomic mass is 10.1. The Balaban J connectivity index is 1.45. The highest BCUT2D eigenvalue weighted by Crippen LogP contribution is 2.33. The van der Waals surface area contributed by atoms with Crippen molar-refractivity contribution in [1.82, 2.24) is 9.88 Å². The number of hydrogen-bond acceptors (Lipinski definition) is 4. The van der Waals surface area contributed by atoms with Crippen LogP contribution in [0.4, 0.5) is 0 Å². The average Bonchev–Trinajstić information content (AvgIpc) is 3.36. The van der Waals surface area contributed by atoms with Gasteiger partial charge in [0.1, 0.15) is 0 Å². The zero-order valence-corrected chi connectivity index (χ0v) is 15.8. The fourth-order valence-corrected chi connectivity index (χ4v) is 4.77. The lowest BCUT2D eigenvalue weighted by Crippen LogP contribution is -2.31. The van der Waals surface area contributed by atoms with Crippen molar-refractivity contribution < 1.29 is 4.79 Å². The molecule has 0 spiro atoms. The van der Waals surface area contributed by atoms with E-state index in [1.807, 2.05) is 6.92 Å². The highest BCUT2D eigenvalue weighted by atomic mass is 32.1. The molecule has 1 atom stereocenters. The van der Waals surface area contributed by atoms with Crippen LogP contribution in [0.25, 0.3) is 11.3 Å². The molecule has 0 bridgehead atoms. The number of carbonyl (C=O) groups is 1. The highest BCUT2D eigenvalue weighted by molar-refractivity contribution is 7.09. The number of aryl methyl sites for hydroxylation is 1.